The van der Waals surface area contributed by atoms with Crippen molar-refractivity contribution in [2.45, 2.75) is 26.7 Å². The summed E-state index contributed by atoms with van der Waals surface area (Å²) in [5.74, 6) is 0.866. The Bertz CT molecular complexity index is 771. The number of benzene rings is 2. The second-order valence-electron chi connectivity index (χ2n) is 5.91. The molecule has 0 heterocycles. The lowest BCUT2D eigenvalue weighted by atomic mass is 10.0. The fourth-order valence-corrected chi connectivity index (χ4v) is 2.59. The summed E-state index contributed by atoms with van der Waals surface area (Å²) in [6.07, 6.45) is 0. The van der Waals surface area contributed by atoms with Crippen molar-refractivity contribution in [2.24, 2.45) is 5.10 Å². The van der Waals surface area contributed by atoms with Crippen LogP contribution in [-0.2, 0) is 4.79 Å². The molecule has 0 spiro atoms. The second kappa shape index (κ2) is 8.67. The minimum Gasteiger partial charge on any atom is -0.508 e. The Morgan fingerprint density at radius 3 is 2.52 bits per heavy atom. The van der Waals surface area contributed by atoms with Crippen LogP contribution in [0.1, 0.15) is 37.8 Å². The number of halogens is 1. The van der Waals surface area contributed by atoms with Crippen LogP contribution in [0.2, 0.25) is 0 Å². The zero-order valence-electron chi connectivity index (χ0n) is 14.4. The van der Waals surface area contributed by atoms with Crippen LogP contribution in [0.4, 0.5) is 0 Å². The predicted octanol–water partition coefficient (Wildman–Crippen LogP) is 4.20. The molecular formula is C19H21BrN2O3. The number of hydrazone groups is 1. The number of rotatable bonds is 6. The van der Waals surface area contributed by atoms with Gasteiger partial charge in [-0.1, -0.05) is 19.9 Å². The molecule has 0 fully saturated rings. The molecule has 0 aliphatic rings. The van der Waals surface area contributed by atoms with Gasteiger partial charge in [-0.05, 0) is 76.3 Å². The van der Waals surface area contributed by atoms with Crippen LogP contribution in [0, 0.1) is 0 Å². The number of amides is 1. The molecule has 0 aliphatic heterocycles. The zero-order valence-corrected chi connectivity index (χ0v) is 16.0. The Morgan fingerprint density at radius 1 is 1.24 bits per heavy atom. The van der Waals surface area contributed by atoms with Gasteiger partial charge < -0.3 is 9.84 Å². The van der Waals surface area contributed by atoms with Crippen LogP contribution in [0.15, 0.2) is 52.0 Å². The maximum atomic E-state index is 11.9. The molecule has 1 amide bonds. The van der Waals surface area contributed by atoms with E-state index >= 15 is 0 Å². The molecule has 6 heteroatoms. The van der Waals surface area contributed by atoms with E-state index in [1.54, 1.807) is 31.2 Å². The quantitative estimate of drug-likeness (QED) is 0.559. The fraction of sp³-hybridized carbons (Fsp3) is 0.263. The average molecular weight is 405 g/mol. The Balaban J connectivity index is 1.90. The van der Waals surface area contributed by atoms with Crippen molar-refractivity contribution < 1.29 is 14.6 Å². The molecule has 0 unspecified atom stereocenters. The van der Waals surface area contributed by atoms with E-state index in [2.05, 4.69) is 40.3 Å². The lowest BCUT2D eigenvalue weighted by molar-refractivity contribution is -0.123. The highest BCUT2D eigenvalue weighted by molar-refractivity contribution is 9.10. The van der Waals surface area contributed by atoms with E-state index in [0.29, 0.717) is 17.4 Å². The standard InChI is InChI=1S/C19H21BrN2O3/c1-12(2)15-6-9-18(17(20)10-15)25-11-19(24)22-21-13(3)14-4-7-16(23)8-5-14/h4-10,12,23H,11H2,1-3H3,(H,22,24). The molecule has 2 rings (SSSR count). The van der Waals surface area contributed by atoms with Gasteiger partial charge in [-0.15, -0.1) is 0 Å². The lowest BCUT2D eigenvalue weighted by Gasteiger charge is -2.11. The van der Waals surface area contributed by atoms with E-state index in [4.69, 9.17) is 4.74 Å². The van der Waals surface area contributed by atoms with Crippen LogP contribution in [0.5, 0.6) is 11.5 Å². The van der Waals surface area contributed by atoms with E-state index in [1.807, 2.05) is 18.2 Å². The first-order valence-corrected chi connectivity index (χ1v) is 8.71. The topological polar surface area (TPSA) is 70.9 Å². The largest absolute Gasteiger partial charge is 0.508 e. The highest BCUT2D eigenvalue weighted by atomic mass is 79.9. The summed E-state index contributed by atoms with van der Waals surface area (Å²) in [6, 6.07) is 12.4. The molecule has 2 aromatic carbocycles. The van der Waals surface area contributed by atoms with Crippen molar-refractivity contribution >= 4 is 27.5 Å². The van der Waals surface area contributed by atoms with Gasteiger partial charge in [0.05, 0.1) is 10.2 Å². The number of carbonyl (C=O) groups is 1. The molecule has 0 saturated carbocycles. The highest BCUT2D eigenvalue weighted by Crippen LogP contribution is 2.28. The molecule has 2 aromatic rings. The molecule has 0 aromatic heterocycles. The number of hydrogen-bond acceptors (Lipinski definition) is 4. The van der Waals surface area contributed by atoms with E-state index in [0.717, 1.165) is 10.0 Å². The number of phenols is 1. The van der Waals surface area contributed by atoms with E-state index in [1.165, 1.54) is 5.56 Å². The second-order valence-corrected chi connectivity index (χ2v) is 6.77. The SMILES string of the molecule is CC(=NNC(=O)COc1ccc(C(C)C)cc1Br)c1ccc(O)cc1. The van der Waals surface area contributed by atoms with E-state index < -0.39 is 0 Å². The summed E-state index contributed by atoms with van der Waals surface area (Å²) < 4.78 is 6.34. The highest BCUT2D eigenvalue weighted by Gasteiger charge is 2.08. The Hall–Kier alpha value is -2.34. The minimum absolute atomic E-state index is 0.133. The zero-order chi connectivity index (χ0) is 18.4. The molecule has 2 N–H and O–H groups in total. The van der Waals surface area contributed by atoms with Crippen molar-refractivity contribution in [3.63, 3.8) is 0 Å². The summed E-state index contributed by atoms with van der Waals surface area (Å²) in [7, 11) is 0. The van der Waals surface area contributed by atoms with Gasteiger partial charge in [0.25, 0.3) is 5.91 Å². The Labute approximate surface area is 155 Å². The van der Waals surface area contributed by atoms with Crippen LogP contribution in [0.25, 0.3) is 0 Å². The molecule has 0 bridgehead atoms. The van der Waals surface area contributed by atoms with Crippen molar-refractivity contribution in [1.82, 2.24) is 5.43 Å². The molecule has 0 saturated heterocycles. The summed E-state index contributed by atoms with van der Waals surface area (Å²) >= 11 is 3.46. The van der Waals surface area contributed by atoms with Crippen LogP contribution in [0.3, 0.4) is 0 Å². The molecule has 25 heavy (non-hydrogen) atoms. The minimum atomic E-state index is -0.349. The van der Waals surface area contributed by atoms with Gasteiger partial charge in [-0.2, -0.15) is 5.10 Å². The van der Waals surface area contributed by atoms with Gasteiger partial charge in [0.1, 0.15) is 11.5 Å². The number of phenolic OH excluding ortho intramolecular Hbond substituents is 1. The fourth-order valence-electron chi connectivity index (χ4n) is 2.08. The summed E-state index contributed by atoms with van der Waals surface area (Å²) in [5.41, 5.74) is 5.10. The lowest BCUT2D eigenvalue weighted by Crippen LogP contribution is -2.25. The molecule has 132 valence electrons. The van der Waals surface area contributed by atoms with Crippen LogP contribution in [-0.4, -0.2) is 23.3 Å². The van der Waals surface area contributed by atoms with Gasteiger partial charge in [-0.25, -0.2) is 5.43 Å². The van der Waals surface area contributed by atoms with Gasteiger partial charge in [0.15, 0.2) is 6.61 Å². The third-order valence-electron chi connectivity index (χ3n) is 3.61. The van der Waals surface area contributed by atoms with Crippen LogP contribution >= 0.6 is 15.9 Å². The van der Waals surface area contributed by atoms with Crippen LogP contribution < -0.4 is 10.2 Å². The Kier molecular flexibility index (Phi) is 6.58. The number of ether oxygens (including phenoxy) is 1. The van der Waals surface area contributed by atoms with Crippen molar-refractivity contribution in [3.05, 3.63) is 58.1 Å². The molecular weight excluding hydrogens is 384 g/mol. The molecule has 0 atom stereocenters. The van der Waals surface area contributed by atoms with E-state index in [-0.39, 0.29) is 18.3 Å². The third-order valence-corrected chi connectivity index (χ3v) is 4.23. The van der Waals surface area contributed by atoms with Gasteiger partial charge in [0, 0.05) is 0 Å². The monoisotopic (exact) mass is 404 g/mol. The summed E-state index contributed by atoms with van der Waals surface area (Å²) in [5, 5.41) is 13.3. The number of aromatic hydroxyl groups is 1. The smallest absolute Gasteiger partial charge is 0.277 e. The number of nitrogens with zero attached hydrogens (tertiary/aromatic N) is 1. The summed E-state index contributed by atoms with van der Waals surface area (Å²) in [4.78, 5) is 11.9. The maximum absolute atomic E-state index is 11.9. The van der Waals surface area contributed by atoms with Crippen molar-refractivity contribution in [1.29, 1.82) is 0 Å². The first kappa shape index (κ1) is 19.0. The Morgan fingerprint density at radius 2 is 1.92 bits per heavy atom. The van der Waals surface area contributed by atoms with Gasteiger partial charge >= 0.3 is 0 Å². The van der Waals surface area contributed by atoms with E-state index in [9.17, 15) is 9.90 Å². The third kappa shape index (κ3) is 5.60. The van der Waals surface area contributed by atoms with Gasteiger partial charge in [0.2, 0.25) is 0 Å². The van der Waals surface area contributed by atoms with Crippen molar-refractivity contribution in [2.75, 3.05) is 6.61 Å². The van der Waals surface area contributed by atoms with Crippen molar-refractivity contribution in [3.8, 4) is 11.5 Å². The molecule has 0 radical (unpaired) electrons. The number of carbonyl (C=O) groups excluding carboxylic acids is 1. The maximum Gasteiger partial charge on any atom is 0.277 e. The normalized spacial score (nSPS) is 11.5. The first-order chi connectivity index (χ1) is 11.9. The molecule has 5 nitrogen and oxygen atoms in total. The predicted molar refractivity (Wildman–Crippen MR) is 102 cm³/mol. The molecule has 0 aliphatic carbocycles. The summed E-state index contributed by atoms with van der Waals surface area (Å²) in [6.45, 7) is 5.87. The van der Waals surface area contributed by atoms with Gasteiger partial charge in [-0.3, -0.25) is 4.79 Å². The number of hydrogen-bond donors (Lipinski definition) is 2. The number of nitrogens with one attached hydrogen (secondary N) is 1. The first-order valence-electron chi connectivity index (χ1n) is 7.91. The average Bonchev–Trinajstić information content (AvgIpc) is 2.59.